The fourth-order valence-corrected chi connectivity index (χ4v) is 9.46. The predicted molar refractivity (Wildman–Crippen MR) is 236 cm³/mol. The van der Waals surface area contributed by atoms with Crippen molar-refractivity contribution in [2.24, 2.45) is 17.3 Å². The molecule has 17 heteroatoms. The summed E-state index contributed by atoms with van der Waals surface area (Å²) < 4.78 is 18.6. The maximum absolute atomic E-state index is 14.8. The van der Waals surface area contributed by atoms with Gasteiger partial charge in [-0.15, -0.1) is 11.3 Å². The van der Waals surface area contributed by atoms with Crippen molar-refractivity contribution in [2.45, 2.75) is 129 Å². The molecular weight excluding hydrogens is 822 g/mol. The number of benzene rings is 1. The molecule has 1 saturated heterocycles. The van der Waals surface area contributed by atoms with Crippen molar-refractivity contribution in [1.82, 2.24) is 30.4 Å². The molecule has 4 unspecified atom stereocenters. The van der Waals surface area contributed by atoms with Crippen LogP contribution in [0.1, 0.15) is 93.4 Å². The highest BCUT2D eigenvalue weighted by Gasteiger charge is 2.61. The Morgan fingerprint density at radius 3 is 2.46 bits per heavy atom. The van der Waals surface area contributed by atoms with Gasteiger partial charge in [0.1, 0.15) is 58.7 Å². The van der Waals surface area contributed by atoms with Crippen LogP contribution in [-0.4, -0.2) is 118 Å². The molecule has 3 amide bonds. The number of carboxylic acids is 1. The number of alkyl carbamates (subject to hydrolysis) is 1. The number of amides is 3. The largest absolute Gasteiger partial charge is 0.491 e. The van der Waals surface area contributed by atoms with E-state index in [9.17, 15) is 24.3 Å². The highest BCUT2D eigenvalue weighted by Crippen LogP contribution is 2.46. The summed E-state index contributed by atoms with van der Waals surface area (Å²) in [7, 11) is 3.91. The van der Waals surface area contributed by atoms with E-state index in [1.807, 2.05) is 72.0 Å². The average molecular weight is 885 g/mol. The molecule has 15 nitrogen and oxygen atoms in total. The van der Waals surface area contributed by atoms with Crippen molar-refractivity contribution in [3.05, 3.63) is 28.6 Å². The van der Waals surface area contributed by atoms with Crippen LogP contribution in [0.15, 0.2) is 23.6 Å². The van der Waals surface area contributed by atoms with Gasteiger partial charge in [-0.05, 0) is 89.4 Å². The Morgan fingerprint density at radius 1 is 1.08 bits per heavy atom. The Labute approximate surface area is 367 Å². The maximum atomic E-state index is 14.8. The molecule has 6 rings (SSSR count). The fourth-order valence-electron chi connectivity index (χ4n) is 8.34. The molecule has 3 aromatic rings. The number of aromatic nitrogens is 2. The predicted octanol–water partition coefficient (Wildman–Crippen LogP) is 7.21. The Kier molecular flexibility index (Phi) is 14.3. The summed E-state index contributed by atoms with van der Waals surface area (Å²) in [6.07, 6.45) is 1.98. The molecule has 3 heterocycles. The number of likely N-dealkylation sites (tertiary alicyclic amines) is 1. The van der Waals surface area contributed by atoms with Crippen LogP contribution >= 0.6 is 22.9 Å². The summed E-state index contributed by atoms with van der Waals surface area (Å²) in [5.74, 6) is -1.13. The van der Waals surface area contributed by atoms with Crippen molar-refractivity contribution in [3.8, 4) is 22.9 Å². The number of pyridine rings is 1. The molecule has 1 aromatic carbocycles. The number of likely N-dealkylation sites (N-methyl/N-ethyl adjacent to an activating group) is 1. The zero-order valence-corrected chi connectivity index (χ0v) is 38.4. The van der Waals surface area contributed by atoms with E-state index in [4.69, 9.17) is 35.8 Å². The van der Waals surface area contributed by atoms with Crippen molar-refractivity contribution < 1.29 is 38.5 Å². The lowest BCUT2D eigenvalue weighted by Gasteiger charge is -2.32. The number of ether oxygens (including phenoxy) is 3. The maximum Gasteiger partial charge on any atom is 0.408 e. The van der Waals surface area contributed by atoms with Crippen molar-refractivity contribution in [3.63, 3.8) is 0 Å². The van der Waals surface area contributed by atoms with Gasteiger partial charge in [0.2, 0.25) is 11.8 Å². The van der Waals surface area contributed by atoms with E-state index in [1.54, 1.807) is 12.1 Å². The molecule has 61 heavy (non-hydrogen) atoms. The molecule has 0 bridgehead atoms. The normalized spacial score (nSPS) is 24.2. The van der Waals surface area contributed by atoms with Gasteiger partial charge in [0.15, 0.2) is 5.13 Å². The zero-order valence-electron chi connectivity index (χ0n) is 36.8. The van der Waals surface area contributed by atoms with Crippen molar-refractivity contribution >= 4 is 62.8 Å². The van der Waals surface area contributed by atoms with E-state index in [-0.39, 0.29) is 37.5 Å². The lowest BCUT2D eigenvalue weighted by atomic mass is 9.87. The standard InChI is InChI=1S/C44H62ClN7O8S/c1-10-26-20-44(26,40(55)56)50-38(53)33-18-28(22-52(33)39(54)31(21-43(5,6)7)49-42(57)60-27-12-11-25(4)17-27)59-35-19-30(32-23-61-41(48-32)46-24(2)3)47-37-29(35)13-14-34(36(37)45)58-16-15-51(8)9/h13-14,19,23-28,31,33H,10-12,15-18,20-22H2,1-9H3,(H,46,48)(H,49,57)(H,50,53)(H,55,56)/t25?,26?,27?,28-,31+,33?,44-/m1/s1. The summed E-state index contributed by atoms with van der Waals surface area (Å²) in [4.78, 5) is 68.1. The van der Waals surface area contributed by atoms with Crippen LogP contribution in [0.4, 0.5) is 9.93 Å². The second kappa shape index (κ2) is 18.9. The smallest absolute Gasteiger partial charge is 0.408 e. The Balaban J connectivity index is 1.35. The van der Waals surface area contributed by atoms with Gasteiger partial charge >= 0.3 is 12.1 Å². The lowest BCUT2D eigenvalue weighted by Crippen LogP contribution is -2.57. The minimum Gasteiger partial charge on any atom is -0.491 e. The van der Waals surface area contributed by atoms with E-state index in [0.717, 1.165) is 24.4 Å². The molecule has 2 aliphatic carbocycles. The van der Waals surface area contributed by atoms with Gasteiger partial charge in [-0.25, -0.2) is 19.6 Å². The molecular formula is C44H62ClN7O8S. The summed E-state index contributed by atoms with van der Waals surface area (Å²) in [6, 6.07) is 3.39. The molecule has 0 spiro atoms. The fraction of sp³-hybridized carbons (Fsp3) is 0.636. The highest BCUT2D eigenvalue weighted by molar-refractivity contribution is 7.14. The summed E-state index contributed by atoms with van der Waals surface area (Å²) in [6.45, 7) is 15.0. The summed E-state index contributed by atoms with van der Waals surface area (Å²) in [5.41, 5.74) is -0.300. The number of hydrogen-bond donors (Lipinski definition) is 4. The van der Waals surface area contributed by atoms with E-state index in [1.165, 1.54) is 16.2 Å². The number of carbonyl (C=O) groups excluding carboxylic acids is 3. The van der Waals surface area contributed by atoms with Gasteiger partial charge in [-0.2, -0.15) is 0 Å². The van der Waals surface area contributed by atoms with Crippen LogP contribution in [0.5, 0.6) is 11.5 Å². The number of hydrogen-bond acceptors (Lipinski definition) is 12. The zero-order chi connectivity index (χ0) is 44.4. The molecule has 3 fully saturated rings. The number of carboxylic acid groups (broad SMARTS) is 1. The summed E-state index contributed by atoms with van der Waals surface area (Å²) >= 11 is 8.47. The quantitative estimate of drug-likeness (QED) is 0.107. The number of nitrogens with zero attached hydrogens (tertiary/aromatic N) is 4. The van der Waals surface area contributed by atoms with Crippen LogP contribution in [-0.2, 0) is 19.1 Å². The molecule has 0 radical (unpaired) electrons. The number of fused-ring (bicyclic) bond motifs is 1. The highest BCUT2D eigenvalue weighted by atomic mass is 35.5. The van der Waals surface area contributed by atoms with E-state index >= 15 is 0 Å². The Bertz CT molecular complexity index is 2090. The third-order valence-corrected chi connectivity index (χ3v) is 12.8. The summed E-state index contributed by atoms with van der Waals surface area (Å²) in [5, 5.41) is 22.7. The third-order valence-electron chi connectivity index (χ3n) is 11.6. The number of carbonyl (C=O) groups is 4. The first-order valence-corrected chi connectivity index (χ1v) is 22.7. The molecule has 2 saturated carbocycles. The first kappa shape index (κ1) is 46.1. The number of nitrogens with one attached hydrogen (secondary N) is 3. The lowest BCUT2D eigenvalue weighted by molar-refractivity contribution is -0.146. The van der Waals surface area contributed by atoms with Crippen molar-refractivity contribution in [1.29, 1.82) is 0 Å². The van der Waals surface area contributed by atoms with E-state index in [0.29, 0.717) is 70.7 Å². The van der Waals surface area contributed by atoms with Crippen molar-refractivity contribution in [2.75, 3.05) is 39.1 Å². The van der Waals surface area contributed by atoms with Crippen LogP contribution in [0, 0.1) is 17.3 Å². The first-order chi connectivity index (χ1) is 28.8. The van der Waals surface area contributed by atoms with Gasteiger partial charge in [-0.3, -0.25) is 9.59 Å². The molecule has 1 aliphatic heterocycles. The number of rotatable bonds is 17. The SMILES string of the molecule is CCC1C[C@]1(NC(=O)C1C[C@@H](Oc2cc(-c3csc(NC(C)C)n3)nc3c(Cl)c(OCCN(C)C)ccc23)CN1C(=O)[C@H](CC(C)(C)C)NC(=O)OC1CCC(C)C1)C(=O)O. The van der Waals surface area contributed by atoms with Gasteiger partial charge in [0.25, 0.3) is 0 Å². The topological polar surface area (TPSA) is 185 Å². The Hall–Kier alpha value is -4.41. The van der Waals surface area contributed by atoms with Gasteiger partial charge < -0.3 is 45.1 Å². The second-order valence-electron chi connectivity index (χ2n) is 18.7. The van der Waals surface area contributed by atoms with Gasteiger partial charge in [0, 0.05) is 35.8 Å². The van der Waals surface area contributed by atoms with E-state index < -0.39 is 53.0 Å². The molecule has 2 aromatic heterocycles. The Morgan fingerprint density at radius 2 is 1.84 bits per heavy atom. The second-order valence-corrected chi connectivity index (χ2v) is 20.0. The minimum absolute atomic E-state index is 0.0243. The number of halogens is 1. The molecule has 3 aliphatic rings. The van der Waals surface area contributed by atoms with E-state index in [2.05, 4.69) is 22.9 Å². The molecule has 4 N–H and O–H groups in total. The number of thiazole rings is 1. The van der Waals surface area contributed by atoms with Crippen LogP contribution < -0.4 is 25.4 Å². The minimum atomic E-state index is -1.42. The van der Waals surface area contributed by atoms with Crippen LogP contribution in [0.25, 0.3) is 22.3 Å². The van der Waals surface area contributed by atoms with Crippen LogP contribution in [0.2, 0.25) is 5.02 Å². The third kappa shape index (κ3) is 11.2. The monoisotopic (exact) mass is 883 g/mol. The number of aliphatic carboxylic acids is 1. The van der Waals surface area contributed by atoms with Gasteiger partial charge in [-0.1, -0.05) is 52.6 Å². The first-order valence-electron chi connectivity index (χ1n) is 21.4. The number of anilines is 1. The molecule has 7 atom stereocenters. The van der Waals surface area contributed by atoms with Gasteiger partial charge in [0.05, 0.1) is 17.8 Å². The molecule has 334 valence electrons. The average Bonchev–Trinajstić information content (AvgIpc) is 3.48. The van der Waals surface area contributed by atoms with Crippen LogP contribution in [0.3, 0.4) is 0 Å².